The van der Waals surface area contributed by atoms with Crippen molar-refractivity contribution in [3.8, 4) is 5.75 Å². The van der Waals surface area contributed by atoms with Crippen LogP contribution in [0.3, 0.4) is 0 Å². The van der Waals surface area contributed by atoms with Crippen LogP contribution in [-0.4, -0.2) is 30.2 Å². The zero-order valence-electron chi connectivity index (χ0n) is 10.9. The van der Waals surface area contributed by atoms with E-state index in [1.54, 1.807) is 0 Å². The second-order valence-electron chi connectivity index (χ2n) is 4.32. The Morgan fingerprint density at radius 1 is 1.56 bits per heavy atom. The van der Waals surface area contributed by atoms with E-state index in [0.717, 1.165) is 5.75 Å². The molecule has 0 amide bonds. The van der Waals surface area contributed by atoms with Gasteiger partial charge in [-0.15, -0.1) is 0 Å². The summed E-state index contributed by atoms with van der Waals surface area (Å²) in [4.78, 5) is 0. The van der Waals surface area contributed by atoms with Crippen molar-refractivity contribution in [3.05, 3.63) is 29.8 Å². The van der Waals surface area contributed by atoms with Gasteiger partial charge in [-0.05, 0) is 31.5 Å². The van der Waals surface area contributed by atoms with E-state index in [1.165, 1.54) is 5.56 Å². The summed E-state index contributed by atoms with van der Waals surface area (Å²) in [6.07, 6.45) is 0.515. The van der Waals surface area contributed by atoms with Crippen molar-refractivity contribution in [2.24, 2.45) is 10.9 Å². The van der Waals surface area contributed by atoms with Crippen LogP contribution in [0.1, 0.15) is 18.9 Å². The highest BCUT2D eigenvalue weighted by Gasteiger charge is 2.03. The Morgan fingerprint density at radius 2 is 2.33 bits per heavy atom. The lowest BCUT2D eigenvalue weighted by molar-refractivity contribution is 0.304. The lowest BCUT2D eigenvalue weighted by atomic mass is 10.2. The van der Waals surface area contributed by atoms with Gasteiger partial charge < -0.3 is 21.0 Å². The van der Waals surface area contributed by atoms with Crippen LogP contribution in [0, 0.1) is 6.92 Å². The lowest BCUT2D eigenvalue weighted by Crippen LogP contribution is -2.33. The maximum Gasteiger partial charge on any atom is 0.140 e. The first-order chi connectivity index (χ1) is 8.61. The molecule has 0 saturated heterocycles. The second kappa shape index (κ2) is 7.55. The van der Waals surface area contributed by atoms with E-state index in [1.807, 2.05) is 38.1 Å². The third kappa shape index (κ3) is 5.54. The largest absolute Gasteiger partial charge is 0.492 e. The highest BCUT2D eigenvalue weighted by atomic mass is 16.5. The summed E-state index contributed by atoms with van der Waals surface area (Å²) >= 11 is 0. The molecule has 1 atom stereocenters. The molecule has 5 nitrogen and oxygen atoms in total. The quantitative estimate of drug-likeness (QED) is 0.225. The summed E-state index contributed by atoms with van der Waals surface area (Å²) in [5.41, 5.74) is 6.60. The molecular weight excluding hydrogens is 230 g/mol. The van der Waals surface area contributed by atoms with Crippen LogP contribution in [0.15, 0.2) is 29.4 Å². The molecule has 0 heterocycles. The molecule has 0 spiro atoms. The summed E-state index contributed by atoms with van der Waals surface area (Å²) in [5.74, 6) is 1.11. The first-order valence-corrected chi connectivity index (χ1v) is 6.01. The van der Waals surface area contributed by atoms with Gasteiger partial charge in [0.2, 0.25) is 0 Å². The van der Waals surface area contributed by atoms with E-state index in [9.17, 15) is 0 Å². The standard InChI is InChI=1S/C13H21N3O2/c1-10-4-3-5-12(8-10)18-7-6-15-11(2)9-13(14)16-17/h3-5,8,11,15,17H,6-7,9H2,1-2H3,(H2,14,16). The van der Waals surface area contributed by atoms with Crippen molar-refractivity contribution in [1.29, 1.82) is 0 Å². The van der Waals surface area contributed by atoms with Crippen molar-refractivity contribution in [3.63, 3.8) is 0 Å². The van der Waals surface area contributed by atoms with Gasteiger partial charge in [0.25, 0.3) is 0 Å². The van der Waals surface area contributed by atoms with Crippen LogP contribution in [-0.2, 0) is 0 Å². The minimum atomic E-state index is 0.155. The van der Waals surface area contributed by atoms with Crippen molar-refractivity contribution in [1.82, 2.24) is 5.32 Å². The molecule has 0 aliphatic carbocycles. The molecule has 0 fully saturated rings. The van der Waals surface area contributed by atoms with E-state index >= 15 is 0 Å². The Hall–Kier alpha value is -1.75. The number of benzene rings is 1. The highest BCUT2D eigenvalue weighted by Crippen LogP contribution is 2.11. The summed E-state index contributed by atoms with van der Waals surface area (Å²) < 4.78 is 5.60. The molecule has 1 aromatic carbocycles. The zero-order chi connectivity index (χ0) is 13.4. The van der Waals surface area contributed by atoms with Crippen molar-refractivity contribution in [2.75, 3.05) is 13.2 Å². The Morgan fingerprint density at radius 3 is 3.00 bits per heavy atom. The second-order valence-corrected chi connectivity index (χ2v) is 4.32. The van der Waals surface area contributed by atoms with E-state index in [2.05, 4.69) is 10.5 Å². The smallest absolute Gasteiger partial charge is 0.140 e. The molecule has 0 aliphatic heterocycles. The first kappa shape index (κ1) is 14.3. The Bertz CT molecular complexity index is 394. The van der Waals surface area contributed by atoms with Crippen LogP contribution >= 0.6 is 0 Å². The maximum atomic E-state index is 8.44. The van der Waals surface area contributed by atoms with Crippen LogP contribution in [0.4, 0.5) is 0 Å². The molecular formula is C13H21N3O2. The topological polar surface area (TPSA) is 79.9 Å². The minimum absolute atomic E-state index is 0.155. The number of amidine groups is 1. The number of hydrogen-bond donors (Lipinski definition) is 3. The number of nitrogens with zero attached hydrogens (tertiary/aromatic N) is 1. The average molecular weight is 251 g/mol. The summed E-state index contributed by atoms with van der Waals surface area (Å²) in [6.45, 7) is 5.31. The predicted molar refractivity (Wildman–Crippen MR) is 72.2 cm³/mol. The van der Waals surface area contributed by atoms with Gasteiger partial charge in [0.15, 0.2) is 0 Å². The van der Waals surface area contributed by atoms with Gasteiger partial charge in [0, 0.05) is 19.0 Å². The average Bonchev–Trinajstić information content (AvgIpc) is 2.34. The number of nitrogens with two attached hydrogens (primary N) is 1. The maximum absolute atomic E-state index is 8.44. The fraction of sp³-hybridized carbons (Fsp3) is 0.462. The van der Waals surface area contributed by atoms with Crippen molar-refractivity contribution >= 4 is 5.84 Å². The van der Waals surface area contributed by atoms with Crippen molar-refractivity contribution < 1.29 is 9.94 Å². The number of aryl methyl sites for hydroxylation is 1. The third-order valence-corrected chi connectivity index (χ3v) is 2.50. The fourth-order valence-corrected chi connectivity index (χ4v) is 1.61. The van der Waals surface area contributed by atoms with Gasteiger partial charge in [0.05, 0.1) is 0 Å². The first-order valence-electron chi connectivity index (χ1n) is 6.01. The molecule has 18 heavy (non-hydrogen) atoms. The predicted octanol–water partition coefficient (Wildman–Crippen LogP) is 1.49. The van der Waals surface area contributed by atoms with E-state index in [-0.39, 0.29) is 11.9 Å². The molecule has 0 bridgehead atoms. The summed E-state index contributed by atoms with van der Waals surface area (Å²) in [7, 11) is 0. The summed E-state index contributed by atoms with van der Waals surface area (Å²) in [5, 5.41) is 14.6. The fourth-order valence-electron chi connectivity index (χ4n) is 1.61. The van der Waals surface area contributed by atoms with Gasteiger partial charge in [-0.2, -0.15) is 0 Å². The molecule has 0 aliphatic rings. The van der Waals surface area contributed by atoms with Gasteiger partial charge in [-0.1, -0.05) is 17.3 Å². The molecule has 0 radical (unpaired) electrons. The Kier molecular flexibility index (Phi) is 6.00. The molecule has 100 valence electrons. The zero-order valence-corrected chi connectivity index (χ0v) is 10.9. The Balaban J connectivity index is 2.19. The SMILES string of the molecule is Cc1cccc(OCCNC(C)CC(N)=NO)c1. The van der Waals surface area contributed by atoms with Gasteiger partial charge in [-0.25, -0.2) is 0 Å². The van der Waals surface area contributed by atoms with E-state index in [0.29, 0.717) is 19.6 Å². The summed E-state index contributed by atoms with van der Waals surface area (Å²) in [6, 6.07) is 8.10. The minimum Gasteiger partial charge on any atom is -0.492 e. The van der Waals surface area contributed by atoms with Crippen LogP contribution in [0.5, 0.6) is 5.75 Å². The van der Waals surface area contributed by atoms with Gasteiger partial charge in [0.1, 0.15) is 18.2 Å². The normalized spacial score (nSPS) is 13.3. The van der Waals surface area contributed by atoms with Crippen LogP contribution in [0.2, 0.25) is 0 Å². The molecule has 5 heteroatoms. The van der Waals surface area contributed by atoms with Gasteiger partial charge in [-0.3, -0.25) is 0 Å². The number of rotatable bonds is 7. The molecule has 1 rings (SSSR count). The number of oxime groups is 1. The monoisotopic (exact) mass is 251 g/mol. The van der Waals surface area contributed by atoms with Crippen LogP contribution < -0.4 is 15.8 Å². The number of hydrogen-bond acceptors (Lipinski definition) is 4. The molecule has 0 aromatic heterocycles. The molecule has 0 saturated carbocycles. The molecule has 1 aromatic rings. The van der Waals surface area contributed by atoms with Crippen molar-refractivity contribution in [2.45, 2.75) is 26.3 Å². The Labute approximate surface area is 108 Å². The molecule has 4 N–H and O–H groups in total. The molecule has 1 unspecified atom stereocenters. The lowest BCUT2D eigenvalue weighted by Gasteiger charge is -2.13. The van der Waals surface area contributed by atoms with E-state index in [4.69, 9.17) is 15.7 Å². The van der Waals surface area contributed by atoms with Crippen LogP contribution in [0.25, 0.3) is 0 Å². The highest BCUT2D eigenvalue weighted by molar-refractivity contribution is 5.80. The van der Waals surface area contributed by atoms with Gasteiger partial charge >= 0.3 is 0 Å². The number of ether oxygens (including phenoxy) is 1. The van der Waals surface area contributed by atoms with E-state index < -0.39 is 0 Å². The number of nitrogens with one attached hydrogen (secondary N) is 1. The third-order valence-electron chi connectivity index (χ3n) is 2.50.